The average molecular weight is 427 g/mol. The van der Waals surface area contributed by atoms with Gasteiger partial charge in [-0.15, -0.1) is 0 Å². The molecule has 0 amide bonds. The lowest BCUT2D eigenvalue weighted by molar-refractivity contribution is -0.137. The van der Waals surface area contributed by atoms with Crippen molar-refractivity contribution in [1.29, 1.82) is 0 Å². The van der Waals surface area contributed by atoms with Gasteiger partial charge in [0.05, 0.1) is 23.4 Å². The highest BCUT2D eigenvalue weighted by molar-refractivity contribution is 5.91. The molecule has 162 valence electrons. The molecule has 2 unspecified atom stereocenters. The van der Waals surface area contributed by atoms with Gasteiger partial charge >= 0.3 is 6.18 Å². The molecule has 0 aliphatic rings. The molecule has 0 fully saturated rings. The third kappa shape index (κ3) is 3.74. The quantitative estimate of drug-likeness (QED) is 0.506. The second-order valence-electron chi connectivity index (χ2n) is 7.06. The molecule has 2 atom stereocenters. The number of rotatable bonds is 7. The predicted molar refractivity (Wildman–Crippen MR) is 105 cm³/mol. The van der Waals surface area contributed by atoms with Crippen molar-refractivity contribution in [1.82, 2.24) is 9.78 Å². The number of fused-ring (bicyclic) bond motifs is 1. The summed E-state index contributed by atoms with van der Waals surface area (Å²) in [5, 5.41) is 18.9. The van der Waals surface area contributed by atoms with E-state index in [2.05, 4.69) is 10.4 Å². The normalized spacial score (nSPS) is 15.4. The fourth-order valence-corrected chi connectivity index (χ4v) is 3.90. The molecule has 3 aromatic rings. The van der Waals surface area contributed by atoms with Crippen molar-refractivity contribution in [2.75, 3.05) is 12.4 Å². The zero-order valence-electron chi connectivity index (χ0n) is 16.4. The van der Waals surface area contributed by atoms with Crippen LogP contribution in [0.4, 0.5) is 27.6 Å². The Bertz CT molecular complexity index is 1000. The van der Waals surface area contributed by atoms with Crippen LogP contribution in [0.1, 0.15) is 30.9 Å². The highest BCUT2D eigenvalue weighted by Gasteiger charge is 2.45. The van der Waals surface area contributed by atoms with E-state index in [4.69, 9.17) is 0 Å². The number of aliphatic hydroxyl groups is 1. The molecule has 1 aromatic heterocycles. The van der Waals surface area contributed by atoms with Gasteiger partial charge in [-0.2, -0.15) is 18.3 Å². The van der Waals surface area contributed by atoms with Gasteiger partial charge in [-0.05, 0) is 36.2 Å². The molecule has 0 bridgehead atoms. The Morgan fingerprint density at radius 1 is 1.07 bits per heavy atom. The summed E-state index contributed by atoms with van der Waals surface area (Å²) < 4.78 is 67.9. The monoisotopic (exact) mass is 427 g/mol. The van der Waals surface area contributed by atoms with Gasteiger partial charge in [-0.1, -0.05) is 25.1 Å². The van der Waals surface area contributed by atoms with Crippen molar-refractivity contribution in [3.63, 3.8) is 0 Å². The SMILES string of the molecule is CCC(O)C(CC(F)F)(c1ccc(C(F)(F)F)cc1)n1ncc2c(NC)cccc21. The number of hydrogen-bond donors (Lipinski definition) is 2. The number of nitrogens with one attached hydrogen (secondary N) is 1. The maximum atomic E-state index is 13.8. The van der Waals surface area contributed by atoms with Gasteiger partial charge in [0.2, 0.25) is 6.43 Å². The summed E-state index contributed by atoms with van der Waals surface area (Å²) in [5.41, 5.74) is -1.32. The van der Waals surface area contributed by atoms with Gasteiger partial charge in [0.1, 0.15) is 5.54 Å². The molecule has 0 radical (unpaired) electrons. The van der Waals surface area contributed by atoms with Crippen molar-refractivity contribution in [3.05, 3.63) is 59.8 Å². The number of benzene rings is 2. The first kappa shape index (κ1) is 22.0. The average Bonchev–Trinajstić information content (AvgIpc) is 3.15. The first-order valence-electron chi connectivity index (χ1n) is 9.44. The largest absolute Gasteiger partial charge is 0.416 e. The van der Waals surface area contributed by atoms with Crippen LogP contribution in [0, 0.1) is 0 Å². The Kier molecular flexibility index (Phi) is 6.03. The minimum atomic E-state index is -4.56. The molecular formula is C21H22F5N3O. The third-order valence-corrected chi connectivity index (χ3v) is 5.38. The number of halogens is 5. The number of aromatic nitrogens is 2. The van der Waals surface area contributed by atoms with Crippen LogP contribution in [-0.4, -0.2) is 34.5 Å². The molecule has 0 aliphatic heterocycles. The van der Waals surface area contributed by atoms with Gasteiger partial charge in [-0.25, -0.2) is 8.78 Å². The Balaban J connectivity index is 2.30. The van der Waals surface area contributed by atoms with Gasteiger partial charge < -0.3 is 10.4 Å². The highest BCUT2D eigenvalue weighted by Crippen LogP contribution is 2.41. The van der Waals surface area contributed by atoms with Crippen LogP contribution in [0.5, 0.6) is 0 Å². The van der Waals surface area contributed by atoms with Crippen LogP contribution in [0.3, 0.4) is 0 Å². The number of anilines is 1. The minimum Gasteiger partial charge on any atom is -0.390 e. The van der Waals surface area contributed by atoms with Crippen LogP contribution in [0.2, 0.25) is 0 Å². The highest BCUT2D eigenvalue weighted by atomic mass is 19.4. The molecule has 0 saturated carbocycles. The third-order valence-electron chi connectivity index (χ3n) is 5.38. The van der Waals surface area contributed by atoms with Crippen LogP contribution >= 0.6 is 0 Å². The standard InChI is InChI=1S/C21H22F5N3O/c1-3-18(30)20(11-19(22)23,13-7-9-14(10-8-13)21(24,25)26)29-17-6-4-5-16(27-2)15(17)12-28-29/h4-10,12,18-19,27,30H,3,11H2,1-2H3. The summed E-state index contributed by atoms with van der Waals surface area (Å²) in [5.74, 6) is 0. The molecular weight excluding hydrogens is 405 g/mol. The Hall–Kier alpha value is -2.68. The van der Waals surface area contributed by atoms with E-state index in [0.717, 1.165) is 24.3 Å². The van der Waals surface area contributed by atoms with Gasteiger partial charge in [-0.3, -0.25) is 4.68 Å². The van der Waals surface area contributed by atoms with Crippen LogP contribution in [0.25, 0.3) is 10.9 Å². The number of alkyl halides is 5. The summed E-state index contributed by atoms with van der Waals surface area (Å²) in [7, 11) is 1.70. The maximum absolute atomic E-state index is 13.8. The van der Waals surface area contributed by atoms with E-state index in [0.29, 0.717) is 16.6 Å². The molecule has 3 rings (SSSR count). The number of hydrogen-bond acceptors (Lipinski definition) is 3. The zero-order chi connectivity index (χ0) is 22.1. The second-order valence-corrected chi connectivity index (χ2v) is 7.06. The molecule has 0 aliphatic carbocycles. The number of nitrogens with zero attached hydrogens (tertiary/aromatic N) is 2. The summed E-state index contributed by atoms with van der Waals surface area (Å²) in [6.45, 7) is 1.62. The van der Waals surface area contributed by atoms with E-state index in [-0.39, 0.29) is 12.0 Å². The van der Waals surface area contributed by atoms with Crippen molar-refractivity contribution < 1.29 is 27.1 Å². The van der Waals surface area contributed by atoms with E-state index < -0.39 is 36.2 Å². The summed E-state index contributed by atoms with van der Waals surface area (Å²) in [4.78, 5) is 0. The fourth-order valence-electron chi connectivity index (χ4n) is 3.90. The lowest BCUT2D eigenvalue weighted by Crippen LogP contribution is -2.48. The van der Waals surface area contributed by atoms with Gasteiger partial charge in [0.15, 0.2) is 0 Å². The zero-order valence-corrected chi connectivity index (χ0v) is 16.4. The van der Waals surface area contributed by atoms with E-state index in [1.807, 2.05) is 0 Å². The van der Waals surface area contributed by atoms with Gasteiger partial charge in [0.25, 0.3) is 0 Å². The molecule has 2 N–H and O–H groups in total. The molecule has 9 heteroatoms. The Morgan fingerprint density at radius 3 is 2.23 bits per heavy atom. The molecule has 1 heterocycles. The van der Waals surface area contributed by atoms with Crippen LogP contribution < -0.4 is 5.32 Å². The second kappa shape index (κ2) is 8.22. The van der Waals surface area contributed by atoms with E-state index in [1.165, 1.54) is 10.9 Å². The summed E-state index contributed by atoms with van der Waals surface area (Å²) in [6, 6.07) is 9.13. The maximum Gasteiger partial charge on any atom is 0.416 e. The van der Waals surface area contributed by atoms with Crippen molar-refractivity contribution in [3.8, 4) is 0 Å². The van der Waals surface area contributed by atoms with Crippen molar-refractivity contribution in [2.45, 2.75) is 44.0 Å². The molecule has 4 nitrogen and oxygen atoms in total. The lowest BCUT2D eigenvalue weighted by Gasteiger charge is -2.39. The first-order chi connectivity index (χ1) is 14.1. The molecule has 2 aromatic carbocycles. The summed E-state index contributed by atoms with van der Waals surface area (Å²) >= 11 is 0. The van der Waals surface area contributed by atoms with E-state index in [1.54, 1.807) is 32.2 Å². The minimum absolute atomic E-state index is 0.0980. The smallest absolute Gasteiger partial charge is 0.390 e. The number of aliphatic hydroxyl groups excluding tert-OH is 1. The first-order valence-corrected chi connectivity index (χ1v) is 9.44. The fraction of sp³-hybridized carbons (Fsp3) is 0.381. The summed E-state index contributed by atoms with van der Waals surface area (Å²) in [6.07, 6.45) is -7.93. The van der Waals surface area contributed by atoms with Crippen molar-refractivity contribution >= 4 is 16.6 Å². The van der Waals surface area contributed by atoms with Gasteiger partial charge in [0, 0.05) is 24.5 Å². The molecule has 30 heavy (non-hydrogen) atoms. The lowest BCUT2D eigenvalue weighted by atomic mass is 9.79. The predicted octanol–water partition coefficient (Wildman–Crippen LogP) is 5.27. The molecule has 0 spiro atoms. The van der Waals surface area contributed by atoms with Crippen LogP contribution in [0.15, 0.2) is 48.7 Å². The Labute approximate surface area is 170 Å². The van der Waals surface area contributed by atoms with Crippen LogP contribution in [-0.2, 0) is 11.7 Å². The van der Waals surface area contributed by atoms with E-state index >= 15 is 0 Å². The Morgan fingerprint density at radius 2 is 1.70 bits per heavy atom. The topological polar surface area (TPSA) is 50.1 Å². The van der Waals surface area contributed by atoms with E-state index in [9.17, 15) is 27.1 Å². The molecule has 0 saturated heterocycles. The van der Waals surface area contributed by atoms with Crippen molar-refractivity contribution in [2.24, 2.45) is 0 Å².